The van der Waals surface area contributed by atoms with Gasteiger partial charge in [0.15, 0.2) is 11.5 Å². The average Bonchev–Trinajstić information content (AvgIpc) is 2.87. The largest absolute Gasteiger partial charge is 0.454 e. The maximum absolute atomic E-state index is 6.05. The van der Waals surface area contributed by atoms with Crippen molar-refractivity contribution in [2.24, 2.45) is 5.73 Å². The summed E-state index contributed by atoms with van der Waals surface area (Å²) in [6, 6.07) is 4.27. The molecule has 21 heavy (non-hydrogen) atoms. The molecule has 0 bridgehead atoms. The second kappa shape index (κ2) is 6.12. The number of benzene rings is 1. The number of ether oxygens (including phenoxy) is 3. The van der Waals surface area contributed by atoms with Crippen LogP contribution in [-0.2, 0) is 4.74 Å². The van der Waals surface area contributed by atoms with E-state index in [9.17, 15) is 0 Å². The molecule has 116 valence electrons. The van der Waals surface area contributed by atoms with Crippen molar-refractivity contribution in [2.45, 2.75) is 32.1 Å². The van der Waals surface area contributed by atoms with Gasteiger partial charge in [0.25, 0.3) is 0 Å². The van der Waals surface area contributed by atoms with Crippen molar-refractivity contribution in [3.63, 3.8) is 0 Å². The number of nitrogens with two attached hydrogens (primary N) is 1. The molecule has 5 nitrogen and oxygen atoms in total. The van der Waals surface area contributed by atoms with Gasteiger partial charge in [-0.15, -0.1) is 0 Å². The Morgan fingerprint density at radius 3 is 2.67 bits per heavy atom. The Morgan fingerprint density at radius 1 is 1.29 bits per heavy atom. The summed E-state index contributed by atoms with van der Waals surface area (Å²) in [5.74, 6) is 1.56. The highest BCUT2D eigenvalue weighted by atomic mass is 79.9. The number of hydrogen-bond acceptors (Lipinski definition) is 5. The molecule has 1 saturated heterocycles. The Morgan fingerprint density at radius 2 is 2.00 bits per heavy atom. The molecule has 0 amide bonds. The minimum Gasteiger partial charge on any atom is -0.454 e. The van der Waals surface area contributed by atoms with Gasteiger partial charge in [-0.05, 0) is 47.5 Å². The van der Waals surface area contributed by atoms with Gasteiger partial charge in [-0.2, -0.15) is 0 Å². The summed E-state index contributed by atoms with van der Waals surface area (Å²) in [6.07, 6.45) is 0.445. The Hall–Kier alpha value is -0.820. The average molecular weight is 357 g/mol. The van der Waals surface area contributed by atoms with Crippen LogP contribution >= 0.6 is 15.9 Å². The molecule has 0 aliphatic carbocycles. The quantitative estimate of drug-likeness (QED) is 0.900. The van der Waals surface area contributed by atoms with Crippen LogP contribution < -0.4 is 15.2 Å². The van der Waals surface area contributed by atoms with E-state index in [-0.39, 0.29) is 25.0 Å². The van der Waals surface area contributed by atoms with Gasteiger partial charge in [-0.3, -0.25) is 4.90 Å². The van der Waals surface area contributed by atoms with Crippen LogP contribution in [0.4, 0.5) is 0 Å². The first kappa shape index (κ1) is 15.1. The lowest BCUT2D eigenvalue weighted by Gasteiger charge is -2.40. The van der Waals surface area contributed by atoms with Crippen molar-refractivity contribution >= 4 is 15.9 Å². The van der Waals surface area contributed by atoms with Crippen molar-refractivity contribution in [1.29, 1.82) is 0 Å². The number of hydrogen-bond donors (Lipinski definition) is 1. The van der Waals surface area contributed by atoms with Crippen molar-refractivity contribution in [3.05, 3.63) is 22.2 Å². The number of nitrogens with zero attached hydrogens (tertiary/aromatic N) is 1. The topological polar surface area (TPSA) is 57.0 Å². The van der Waals surface area contributed by atoms with E-state index in [1.54, 1.807) is 0 Å². The van der Waals surface area contributed by atoms with Crippen LogP contribution in [0.1, 0.15) is 25.5 Å². The minimum atomic E-state index is 0.157. The van der Waals surface area contributed by atoms with Gasteiger partial charge in [-0.1, -0.05) is 0 Å². The normalized spacial score (nSPS) is 26.9. The molecule has 0 aromatic heterocycles. The maximum Gasteiger partial charge on any atom is 0.231 e. The number of rotatable bonds is 3. The molecule has 0 spiro atoms. The van der Waals surface area contributed by atoms with Gasteiger partial charge in [-0.25, -0.2) is 0 Å². The fourth-order valence-electron chi connectivity index (χ4n) is 3.15. The van der Waals surface area contributed by atoms with Crippen LogP contribution in [-0.4, -0.2) is 43.5 Å². The lowest BCUT2D eigenvalue weighted by Crippen LogP contribution is -2.48. The first-order valence-corrected chi connectivity index (χ1v) is 8.06. The van der Waals surface area contributed by atoms with Crippen LogP contribution in [0.2, 0.25) is 0 Å². The molecule has 3 atom stereocenters. The van der Waals surface area contributed by atoms with Gasteiger partial charge in [0.05, 0.1) is 16.7 Å². The molecule has 1 aromatic carbocycles. The fourth-order valence-corrected chi connectivity index (χ4v) is 3.72. The second-order valence-electron chi connectivity index (χ2n) is 5.70. The zero-order chi connectivity index (χ0) is 15.0. The molecule has 2 aliphatic heterocycles. The molecule has 2 aliphatic rings. The van der Waals surface area contributed by atoms with Crippen LogP contribution in [0.15, 0.2) is 16.6 Å². The van der Waals surface area contributed by atoms with E-state index in [0.717, 1.165) is 34.6 Å². The van der Waals surface area contributed by atoms with E-state index in [2.05, 4.69) is 40.7 Å². The standard InChI is InChI=1S/C15H21BrN2O3/c1-9-6-18(7-10(2)21-9)13(5-17)11-3-12(16)15-14(4-11)19-8-20-15/h3-4,9-10,13H,5-8,17H2,1-2H3. The lowest BCUT2D eigenvalue weighted by atomic mass is 10.0. The SMILES string of the molecule is CC1CN(C(CN)c2cc(Br)c3c(c2)OCO3)CC(C)O1. The van der Waals surface area contributed by atoms with Gasteiger partial charge < -0.3 is 19.9 Å². The zero-order valence-electron chi connectivity index (χ0n) is 12.3. The third-order valence-corrected chi connectivity index (χ3v) is 4.54. The van der Waals surface area contributed by atoms with E-state index in [4.69, 9.17) is 19.9 Å². The molecule has 2 N–H and O–H groups in total. The predicted octanol–water partition coefficient (Wildman–Crippen LogP) is 2.29. The van der Waals surface area contributed by atoms with E-state index < -0.39 is 0 Å². The molecule has 2 heterocycles. The first-order valence-electron chi connectivity index (χ1n) is 7.27. The smallest absolute Gasteiger partial charge is 0.231 e. The monoisotopic (exact) mass is 356 g/mol. The molecule has 3 unspecified atom stereocenters. The highest BCUT2D eigenvalue weighted by Gasteiger charge is 2.30. The summed E-state index contributed by atoms with van der Waals surface area (Å²) in [5, 5.41) is 0. The fraction of sp³-hybridized carbons (Fsp3) is 0.600. The highest BCUT2D eigenvalue weighted by Crippen LogP contribution is 2.42. The Balaban J connectivity index is 1.88. The van der Waals surface area contributed by atoms with E-state index in [0.29, 0.717) is 6.54 Å². The minimum absolute atomic E-state index is 0.157. The zero-order valence-corrected chi connectivity index (χ0v) is 13.9. The summed E-state index contributed by atoms with van der Waals surface area (Å²) >= 11 is 3.55. The Bertz CT molecular complexity index is 516. The predicted molar refractivity (Wildman–Crippen MR) is 83.6 cm³/mol. The molecule has 3 rings (SSSR count). The van der Waals surface area contributed by atoms with E-state index in [1.807, 2.05) is 6.07 Å². The van der Waals surface area contributed by atoms with Crippen LogP contribution in [0.3, 0.4) is 0 Å². The van der Waals surface area contributed by atoms with Crippen LogP contribution in [0, 0.1) is 0 Å². The Labute approximate surface area is 133 Å². The molecular weight excluding hydrogens is 336 g/mol. The lowest BCUT2D eigenvalue weighted by molar-refractivity contribution is -0.0799. The van der Waals surface area contributed by atoms with Gasteiger partial charge in [0.2, 0.25) is 6.79 Å². The van der Waals surface area contributed by atoms with Gasteiger partial charge in [0, 0.05) is 25.7 Å². The summed E-state index contributed by atoms with van der Waals surface area (Å²) in [6.45, 7) is 6.82. The molecule has 6 heteroatoms. The molecule has 0 radical (unpaired) electrons. The van der Waals surface area contributed by atoms with Crippen LogP contribution in [0.25, 0.3) is 0 Å². The molecule has 1 aromatic rings. The third-order valence-electron chi connectivity index (χ3n) is 3.95. The van der Waals surface area contributed by atoms with E-state index in [1.165, 1.54) is 0 Å². The molecular formula is C15H21BrN2O3. The number of morpholine rings is 1. The maximum atomic E-state index is 6.05. The summed E-state index contributed by atoms with van der Waals surface area (Å²) in [5.41, 5.74) is 7.20. The van der Waals surface area contributed by atoms with Gasteiger partial charge >= 0.3 is 0 Å². The van der Waals surface area contributed by atoms with Crippen molar-refractivity contribution in [1.82, 2.24) is 4.90 Å². The number of halogens is 1. The second-order valence-corrected chi connectivity index (χ2v) is 6.55. The van der Waals surface area contributed by atoms with Gasteiger partial charge in [0.1, 0.15) is 0 Å². The van der Waals surface area contributed by atoms with Crippen molar-refractivity contribution in [2.75, 3.05) is 26.4 Å². The summed E-state index contributed by atoms with van der Waals surface area (Å²) < 4.78 is 17.7. The molecule has 0 saturated carbocycles. The molecule has 1 fully saturated rings. The summed E-state index contributed by atoms with van der Waals surface area (Å²) in [7, 11) is 0. The third kappa shape index (κ3) is 3.04. The highest BCUT2D eigenvalue weighted by molar-refractivity contribution is 9.10. The van der Waals surface area contributed by atoms with Crippen LogP contribution in [0.5, 0.6) is 11.5 Å². The first-order chi connectivity index (χ1) is 10.1. The van der Waals surface area contributed by atoms with E-state index >= 15 is 0 Å². The Kier molecular flexibility index (Phi) is 4.40. The van der Waals surface area contributed by atoms with Crippen molar-refractivity contribution < 1.29 is 14.2 Å². The number of fused-ring (bicyclic) bond motifs is 1. The summed E-state index contributed by atoms with van der Waals surface area (Å²) in [4.78, 5) is 2.39. The van der Waals surface area contributed by atoms with Crippen molar-refractivity contribution in [3.8, 4) is 11.5 Å².